The summed E-state index contributed by atoms with van der Waals surface area (Å²) in [5, 5.41) is 7.06. The maximum Gasteiger partial charge on any atom is 0.443 e. The molecule has 2 aromatic heterocycles. The second-order valence-corrected chi connectivity index (χ2v) is 6.16. The predicted octanol–water partition coefficient (Wildman–Crippen LogP) is 1.64. The number of nitrogens with one attached hydrogen (secondary N) is 1. The second-order valence-electron chi connectivity index (χ2n) is 5.30. The van der Waals surface area contributed by atoms with Gasteiger partial charge in [-0.05, 0) is 6.42 Å². The van der Waals surface area contributed by atoms with Gasteiger partial charge in [0.25, 0.3) is 5.91 Å². The molecule has 11 heteroatoms. The molecular formula is C13H14F3N5O2S. The van der Waals surface area contributed by atoms with Crippen LogP contribution in [0.25, 0.3) is 0 Å². The first-order chi connectivity index (χ1) is 11.4. The molecule has 0 fully saturated rings. The Morgan fingerprint density at radius 2 is 2.29 bits per heavy atom. The van der Waals surface area contributed by atoms with Gasteiger partial charge in [-0.25, -0.2) is 14.6 Å². The molecule has 0 aromatic carbocycles. The number of ether oxygens (including phenoxy) is 1. The zero-order valence-electron chi connectivity index (χ0n) is 12.6. The molecule has 3 rings (SSSR count). The summed E-state index contributed by atoms with van der Waals surface area (Å²) in [6.45, 7) is 0.712. The molecule has 1 N–H and O–H groups in total. The highest BCUT2D eigenvalue weighted by molar-refractivity contribution is 7.09. The molecule has 2 aromatic rings. The monoisotopic (exact) mass is 361 g/mol. The van der Waals surface area contributed by atoms with E-state index in [1.807, 2.05) is 0 Å². The van der Waals surface area contributed by atoms with Crippen LogP contribution in [0.4, 0.5) is 13.2 Å². The Labute approximate surface area is 138 Å². The fourth-order valence-corrected chi connectivity index (χ4v) is 3.10. The second kappa shape index (κ2) is 6.48. The minimum absolute atomic E-state index is 0.225. The third-order valence-electron chi connectivity index (χ3n) is 3.49. The molecule has 0 bridgehead atoms. The molecule has 1 aliphatic heterocycles. The lowest BCUT2D eigenvalue weighted by molar-refractivity contribution is -0.137. The summed E-state index contributed by atoms with van der Waals surface area (Å²) in [4.78, 5) is 19.7. The van der Waals surface area contributed by atoms with Crippen LogP contribution in [-0.4, -0.2) is 38.8 Å². The summed E-state index contributed by atoms with van der Waals surface area (Å²) in [7, 11) is 1.55. The number of fused-ring (bicyclic) bond motifs is 1. The zero-order chi connectivity index (χ0) is 17.3. The van der Waals surface area contributed by atoms with Crippen LogP contribution >= 0.6 is 11.3 Å². The summed E-state index contributed by atoms with van der Waals surface area (Å²) in [6.07, 6.45) is -3.29. The lowest BCUT2D eigenvalue weighted by Crippen LogP contribution is -2.41. The highest BCUT2D eigenvalue weighted by atomic mass is 32.1. The number of amides is 1. The van der Waals surface area contributed by atoms with E-state index in [-0.39, 0.29) is 11.7 Å². The molecule has 0 aliphatic carbocycles. The summed E-state index contributed by atoms with van der Waals surface area (Å²) in [6, 6.07) is -0.238. The van der Waals surface area contributed by atoms with E-state index < -0.39 is 17.1 Å². The van der Waals surface area contributed by atoms with Crippen molar-refractivity contribution in [2.24, 2.45) is 0 Å². The molecule has 1 unspecified atom stereocenters. The maximum absolute atomic E-state index is 12.5. The SMILES string of the molecule is COCc1nc2n(n1)CC(NC(=O)c1csc(C(F)(F)F)n1)CC2. The van der Waals surface area contributed by atoms with E-state index in [0.29, 0.717) is 43.2 Å². The van der Waals surface area contributed by atoms with Crippen LogP contribution in [0.15, 0.2) is 5.38 Å². The van der Waals surface area contributed by atoms with Crippen LogP contribution in [-0.2, 0) is 30.5 Å². The highest BCUT2D eigenvalue weighted by Crippen LogP contribution is 2.31. The van der Waals surface area contributed by atoms with Gasteiger partial charge in [0.2, 0.25) is 0 Å². The van der Waals surface area contributed by atoms with Crippen LogP contribution in [0, 0.1) is 0 Å². The van der Waals surface area contributed by atoms with Crippen molar-refractivity contribution in [2.45, 2.75) is 38.2 Å². The number of carbonyl (C=O) groups excluding carboxylic acids is 1. The Kier molecular flexibility index (Phi) is 4.54. The van der Waals surface area contributed by atoms with Crippen molar-refractivity contribution in [3.63, 3.8) is 0 Å². The van der Waals surface area contributed by atoms with Crippen molar-refractivity contribution in [3.8, 4) is 0 Å². The number of nitrogens with zero attached hydrogens (tertiary/aromatic N) is 4. The number of aromatic nitrogens is 4. The van der Waals surface area contributed by atoms with Gasteiger partial charge in [-0.3, -0.25) is 4.79 Å². The molecule has 130 valence electrons. The fraction of sp³-hybridized carbons (Fsp3) is 0.538. The van der Waals surface area contributed by atoms with E-state index in [1.165, 1.54) is 0 Å². The van der Waals surface area contributed by atoms with E-state index in [0.717, 1.165) is 11.2 Å². The summed E-state index contributed by atoms with van der Waals surface area (Å²) in [5.74, 6) is 0.752. The quantitative estimate of drug-likeness (QED) is 0.895. The topological polar surface area (TPSA) is 81.9 Å². The van der Waals surface area contributed by atoms with Crippen molar-refractivity contribution in [1.29, 1.82) is 0 Å². The number of rotatable bonds is 4. The highest BCUT2D eigenvalue weighted by Gasteiger charge is 2.35. The number of aryl methyl sites for hydroxylation is 1. The number of halogens is 3. The van der Waals surface area contributed by atoms with Gasteiger partial charge in [-0.15, -0.1) is 11.3 Å². The molecule has 24 heavy (non-hydrogen) atoms. The van der Waals surface area contributed by atoms with Crippen molar-refractivity contribution in [2.75, 3.05) is 7.11 Å². The van der Waals surface area contributed by atoms with Gasteiger partial charge in [0.05, 0.1) is 6.54 Å². The average Bonchev–Trinajstić information content (AvgIpc) is 3.12. The Bertz CT molecular complexity index is 742. The van der Waals surface area contributed by atoms with Gasteiger partial charge >= 0.3 is 6.18 Å². The summed E-state index contributed by atoms with van der Waals surface area (Å²) in [5.41, 5.74) is -0.225. The van der Waals surface area contributed by atoms with E-state index in [1.54, 1.807) is 11.8 Å². The molecule has 0 saturated heterocycles. The standard InChI is InChI=1S/C13H14F3N5O2S/c1-23-5-9-19-10-3-2-7(4-21(10)20-9)17-11(22)8-6-24-12(18-8)13(14,15)16/h6-7H,2-5H2,1H3,(H,17,22). The van der Waals surface area contributed by atoms with Crippen molar-refractivity contribution < 1.29 is 22.7 Å². The molecule has 1 aliphatic rings. The van der Waals surface area contributed by atoms with Crippen molar-refractivity contribution >= 4 is 17.2 Å². The fourth-order valence-electron chi connectivity index (χ4n) is 2.44. The van der Waals surface area contributed by atoms with Crippen LogP contribution in [0.1, 0.15) is 33.6 Å². The number of methoxy groups -OCH3 is 1. The van der Waals surface area contributed by atoms with E-state index in [9.17, 15) is 18.0 Å². The van der Waals surface area contributed by atoms with Gasteiger partial charge in [-0.2, -0.15) is 18.3 Å². The number of thiazole rings is 1. The summed E-state index contributed by atoms with van der Waals surface area (Å²) >= 11 is 0.406. The third kappa shape index (κ3) is 3.56. The molecule has 0 spiro atoms. The smallest absolute Gasteiger partial charge is 0.377 e. The van der Waals surface area contributed by atoms with E-state index >= 15 is 0 Å². The van der Waals surface area contributed by atoms with Crippen LogP contribution in [0.2, 0.25) is 0 Å². The van der Waals surface area contributed by atoms with Gasteiger partial charge in [0, 0.05) is 25.0 Å². The van der Waals surface area contributed by atoms with E-state index in [4.69, 9.17) is 4.74 Å². The minimum atomic E-state index is -4.54. The minimum Gasteiger partial charge on any atom is -0.377 e. The molecule has 1 amide bonds. The molecular weight excluding hydrogens is 347 g/mol. The normalized spacial score (nSPS) is 17.6. The molecule has 0 radical (unpaired) electrons. The molecule has 3 heterocycles. The Balaban J connectivity index is 1.64. The Hall–Kier alpha value is -2.01. The van der Waals surface area contributed by atoms with Crippen LogP contribution < -0.4 is 5.32 Å². The number of hydrogen-bond donors (Lipinski definition) is 1. The first-order valence-electron chi connectivity index (χ1n) is 7.12. The van der Waals surface area contributed by atoms with Gasteiger partial charge in [-0.1, -0.05) is 0 Å². The molecule has 7 nitrogen and oxygen atoms in total. The third-order valence-corrected chi connectivity index (χ3v) is 4.38. The lowest BCUT2D eigenvalue weighted by Gasteiger charge is -2.23. The molecule has 0 saturated carbocycles. The summed E-state index contributed by atoms with van der Waals surface area (Å²) < 4.78 is 44.3. The largest absolute Gasteiger partial charge is 0.443 e. The predicted molar refractivity (Wildman–Crippen MR) is 77.4 cm³/mol. The number of alkyl halides is 3. The van der Waals surface area contributed by atoms with Crippen molar-refractivity contribution in [3.05, 3.63) is 27.7 Å². The zero-order valence-corrected chi connectivity index (χ0v) is 13.4. The lowest BCUT2D eigenvalue weighted by atomic mass is 10.1. The average molecular weight is 361 g/mol. The van der Waals surface area contributed by atoms with Gasteiger partial charge in [0.15, 0.2) is 10.8 Å². The number of hydrogen-bond acceptors (Lipinski definition) is 6. The van der Waals surface area contributed by atoms with E-state index in [2.05, 4.69) is 20.4 Å². The van der Waals surface area contributed by atoms with Crippen LogP contribution in [0.5, 0.6) is 0 Å². The molecule has 1 atom stereocenters. The van der Waals surface area contributed by atoms with Crippen molar-refractivity contribution in [1.82, 2.24) is 25.1 Å². The first kappa shape index (κ1) is 16.8. The van der Waals surface area contributed by atoms with Gasteiger partial charge in [0.1, 0.15) is 18.1 Å². The Morgan fingerprint density at radius 3 is 2.96 bits per heavy atom. The maximum atomic E-state index is 12.5. The number of carbonyl (C=O) groups is 1. The van der Waals surface area contributed by atoms with Gasteiger partial charge < -0.3 is 10.1 Å². The first-order valence-corrected chi connectivity index (χ1v) is 8.00. The Morgan fingerprint density at radius 1 is 1.50 bits per heavy atom. The van der Waals surface area contributed by atoms with Crippen LogP contribution in [0.3, 0.4) is 0 Å².